The van der Waals surface area contributed by atoms with Crippen molar-refractivity contribution in [3.63, 3.8) is 0 Å². The molecule has 7 heteroatoms. The Bertz CT molecular complexity index is 907. The molecule has 0 radical (unpaired) electrons. The molecular formula is C19H20N4O3. The fourth-order valence-electron chi connectivity index (χ4n) is 2.87. The summed E-state index contributed by atoms with van der Waals surface area (Å²) in [7, 11) is 0. The van der Waals surface area contributed by atoms with Crippen LogP contribution in [0.25, 0.3) is 10.9 Å². The quantitative estimate of drug-likeness (QED) is 0.547. The molecule has 3 aromatic rings. The molecule has 0 fully saturated rings. The second-order valence-corrected chi connectivity index (χ2v) is 6.07. The first-order valence-electron chi connectivity index (χ1n) is 8.31. The normalized spacial score (nSPS) is 13.1. The van der Waals surface area contributed by atoms with Crippen molar-refractivity contribution < 1.29 is 14.7 Å². The second kappa shape index (κ2) is 7.69. The summed E-state index contributed by atoms with van der Waals surface area (Å²) < 4.78 is 0. The van der Waals surface area contributed by atoms with Gasteiger partial charge in [-0.2, -0.15) is 5.10 Å². The van der Waals surface area contributed by atoms with Crippen molar-refractivity contribution in [3.8, 4) is 0 Å². The fourth-order valence-corrected chi connectivity index (χ4v) is 2.87. The van der Waals surface area contributed by atoms with Crippen molar-refractivity contribution >= 4 is 22.9 Å². The largest absolute Gasteiger partial charge is 0.465 e. The Labute approximate surface area is 150 Å². The van der Waals surface area contributed by atoms with Gasteiger partial charge in [-0.3, -0.25) is 9.89 Å². The summed E-state index contributed by atoms with van der Waals surface area (Å²) in [5.74, 6) is -0.387. The average molecular weight is 352 g/mol. The van der Waals surface area contributed by atoms with Gasteiger partial charge >= 0.3 is 6.09 Å². The third kappa shape index (κ3) is 4.00. The molecule has 2 atom stereocenters. The maximum absolute atomic E-state index is 12.7. The van der Waals surface area contributed by atoms with Crippen LogP contribution in [0.15, 0.2) is 54.6 Å². The van der Waals surface area contributed by atoms with Gasteiger partial charge in [0.15, 0.2) is 0 Å². The number of H-pyrrole nitrogens is 1. The van der Waals surface area contributed by atoms with Gasteiger partial charge in [-0.1, -0.05) is 48.5 Å². The van der Waals surface area contributed by atoms with Crippen LogP contribution >= 0.6 is 0 Å². The predicted octanol–water partition coefficient (Wildman–Crippen LogP) is 2.62. The lowest BCUT2D eigenvalue weighted by molar-refractivity contribution is -0.123. The molecule has 0 saturated carbocycles. The van der Waals surface area contributed by atoms with E-state index in [1.807, 2.05) is 61.5 Å². The minimum atomic E-state index is -1.25. The number of nitrogens with zero attached hydrogens (tertiary/aromatic N) is 1. The number of para-hydroxylation sites is 1. The molecule has 2 amide bonds. The lowest BCUT2D eigenvalue weighted by Crippen LogP contribution is -2.48. The van der Waals surface area contributed by atoms with Gasteiger partial charge in [0.2, 0.25) is 5.91 Å². The molecule has 0 unspecified atom stereocenters. The zero-order valence-corrected chi connectivity index (χ0v) is 14.3. The van der Waals surface area contributed by atoms with Crippen molar-refractivity contribution in [1.82, 2.24) is 20.8 Å². The highest BCUT2D eigenvalue weighted by atomic mass is 16.4. The summed E-state index contributed by atoms with van der Waals surface area (Å²) in [6.07, 6.45) is -1.07. The Kier molecular flexibility index (Phi) is 5.17. The molecule has 0 aliphatic carbocycles. The van der Waals surface area contributed by atoms with Gasteiger partial charge in [0.1, 0.15) is 6.04 Å². The Hall–Kier alpha value is -3.35. The molecule has 4 N–H and O–H groups in total. The zero-order chi connectivity index (χ0) is 18.5. The van der Waals surface area contributed by atoms with Crippen LogP contribution in [0.3, 0.4) is 0 Å². The van der Waals surface area contributed by atoms with Gasteiger partial charge < -0.3 is 15.7 Å². The number of nitrogens with one attached hydrogen (secondary N) is 3. The van der Waals surface area contributed by atoms with Crippen LogP contribution in [0, 0.1) is 0 Å². The maximum Gasteiger partial charge on any atom is 0.405 e. The van der Waals surface area contributed by atoms with Crippen molar-refractivity contribution in [2.24, 2.45) is 0 Å². The van der Waals surface area contributed by atoms with E-state index < -0.39 is 12.1 Å². The first-order valence-corrected chi connectivity index (χ1v) is 8.31. The molecule has 0 saturated heterocycles. The van der Waals surface area contributed by atoms with E-state index in [4.69, 9.17) is 5.11 Å². The summed E-state index contributed by atoms with van der Waals surface area (Å²) in [4.78, 5) is 23.8. The summed E-state index contributed by atoms with van der Waals surface area (Å²) in [5, 5.41) is 22.2. The van der Waals surface area contributed by atoms with E-state index in [1.165, 1.54) is 0 Å². The summed E-state index contributed by atoms with van der Waals surface area (Å²) in [6.45, 7) is 1.86. The number of aromatic amines is 1. The van der Waals surface area contributed by atoms with Gasteiger partial charge in [0, 0.05) is 17.5 Å². The number of carbonyl (C=O) groups is 2. The van der Waals surface area contributed by atoms with Crippen LogP contribution in [-0.2, 0) is 11.2 Å². The molecule has 0 aliphatic heterocycles. The van der Waals surface area contributed by atoms with Gasteiger partial charge in [0.25, 0.3) is 0 Å². The zero-order valence-electron chi connectivity index (χ0n) is 14.3. The van der Waals surface area contributed by atoms with Gasteiger partial charge in [-0.15, -0.1) is 0 Å². The highest BCUT2D eigenvalue weighted by Gasteiger charge is 2.24. The number of amides is 2. The van der Waals surface area contributed by atoms with E-state index in [-0.39, 0.29) is 18.4 Å². The molecule has 3 rings (SSSR count). The van der Waals surface area contributed by atoms with Crippen LogP contribution in [0.5, 0.6) is 0 Å². The van der Waals surface area contributed by atoms with Crippen LogP contribution in [0.4, 0.5) is 4.79 Å². The van der Waals surface area contributed by atoms with Crippen LogP contribution in [-0.4, -0.2) is 33.3 Å². The molecule has 0 spiro atoms. The van der Waals surface area contributed by atoms with Crippen LogP contribution in [0.1, 0.15) is 24.2 Å². The first kappa shape index (κ1) is 17.5. The maximum atomic E-state index is 12.7. The Morgan fingerprint density at radius 2 is 1.77 bits per heavy atom. The number of benzene rings is 2. The lowest BCUT2D eigenvalue weighted by Gasteiger charge is -2.20. The molecule has 2 aromatic carbocycles. The number of hydrogen-bond donors (Lipinski definition) is 4. The van der Waals surface area contributed by atoms with E-state index >= 15 is 0 Å². The third-order valence-electron chi connectivity index (χ3n) is 4.22. The standard InChI is InChI=1S/C19H20N4O3/c1-12(13-7-3-2-4-8-13)20-18(24)17(21-19(25)26)11-16-14-9-5-6-10-15(14)22-23-16/h2-10,12,17,21H,11H2,1H3,(H,20,24)(H,22,23)(H,25,26)/t12-,17-/m0/s1. The molecular weight excluding hydrogens is 332 g/mol. The second-order valence-electron chi connectivity index (χ2n) is 6.07. The van der Waals surface area contributed by atoms with Gasteiger partial charge in [-0.25, -0.2) is 4.79 Å². The number of rotatable bonds is 6. The first-order chi connectivity index (χ1) is 12.5. The number of hydrogen-bond acceptors (Lipinski definition) is 3. The third-order valence-corrected chi connectivity index (χ3v) is 4.22. The Morgan fingerprint density at radius 1 is 1.08 bits per heavy atom. The Morgan fingerprint density at radius 3 is 2.50 bits per heavy atom. The van der Waals surface area contributed by atoms with Crippen LogP contribution < -0.4 is 10.6 Å². The molecule has 7 nitrogen and oxygen atoms in total. The van der Waals surface area contributed by atoms with Crippen molar-refractivity contribution in [3.05, 3.63) is 65.9 Å². The van der Waals surface area contributed by atoms with E-state index in [2.05, 4.69) is 20.8 Å². The van der Waals surface area contributed by atoms with Crippen molar-refractivity contribution in [2.45, 2.75) is 25.4 Å². The number of carbonyl (C=O) groups excluding carboxylic acids is 1. The van der Waals surface area contributed by atoms with E-state index in [1.54, 1.807) is 0 Å². The minimum Gasteiger partial charge on any atom is -0.465 e. The molecule has 134 valence electrons. The number of aromatic nitrogens is 2. The van der Waals surface area contributed by atoms with Gasteiger partial charge in [-0.05, 0) is 18.6 Å². The topological polar surface area (TPSA) is 107 Å². The highest BCUT2D eigenvalue weighted by Crippen LogP contribution is 2.17. The summed E-state index contributed by atoms with van der Waals surface area (Å²) in [6, 6.07) is 15.8. The fraction of sp³-hybridized carbons (Fsp3) is 0.211. The minimum absolute atomic E-state index is 0.181. The van der Waals surface area contributed by atoms with E-state index in [9.17, 15) is 9.59 Å². The summed E-state index contributed by atoms with van der Waals surface area (Å²) >= 11 is 0. The van der Waals surface area contributed by atoms with Gasteiger partial charge in [0.05, 0.1) is 11.6 Å². The molecule has 26 heavy (non-hydrogen) atoms. The van der Waals surface area contributed by atoms with Crippen molar-refractivity contribution in [2.75, 3.05) is 0 Å². The highest BCUT2D eigenvalue weighted by molar-refractivity contribution is 5.87. The monoisotopic (exact) mass is 352 g/mol. The molecule has 1 heterocycles. The lowest BCUT2D eigenvalue weighted by atomic mass is 10.1. The van der Waals surface area contributed by atoms with E-state index in [0.29, 0.717) is 5.69 Å². The predicted molar refractivity (Wildman–Crippen MR) is 97.7 cm³/mol. The van der Waals surface area contributed by atoms with E-state index in [0.717, 1.165) is 16.5 Å². The SMILES string of the molecule is C[C@H](NC(=O)[C@H](Cc1[nH]nc2ccccc12)NC(=O)O)c1ccccc1. The average Bonchev–Trinajstić information content (AvgIpc) is 3.04. The Balaban J connectivity index is 1.77. The molecule has 1 aromatic heterocycles. The van der Waals surface area contributed by atoms with Crippen LogP contribution in [0.2, 0.25) is 0 Å². The molecule has 0 bridgehead atoms. The van der Waals surface area contributed by atoms with Crippen molar-refractivity contribution in [1.29, 1.82) is 0 Å². The molecule has 0 aliphatic rings. The summed E-state index contributed by atoms with van der Waals surface area (Å²) in [5.41, 5.74) is 2.43. The number of fused-ring (bicyclic) bond motifs is 1. The number of carboxylic acid groups (broad SMARTS) is 1. The smallest absolute Gasteiger partial charge is 0.405 e.